The normalized spacial score (nSPS) is 18.0. The van der Waals surface area contributed by atoms with E-state index in [4.69, 9.17) is 4.74 Å². The van der Waals surface area contributed by atoms with Gasteiger partial charge in [-0.1, -0.05) is 36.4 Å². The SMILES string of the molecule is COc1ccccc1CN1CCC[C@H]([C@H](NC(=O)c2ccccc2)c2nccs2)C1. The van der Waals surface area contributed by atoms with Crippen molar-refractivity contribution in [1.29, 1.82) is 0 Å². The van der Waals surface area contributed by atoms with Crippen molar-refractivity contribution in [2.24, 2.45) is 5.92 Å². The van der Waals surface area contributed by atoms with Crippen LogP contribution in [0, 0.1) is 5.92 Å². The van der Waals surface area contributed by atoms with Gasteiger partial charge in [-0.05, 0) is 43.5 Å². The van der Waals surface area contributed by atoms with Crippen LogP contribution < -0.4 is 10.1 Å². The minimum atomic E-state index is -0.0850. The standard InChI is InChI=1S/C24H27N3O2S/c1-29-21-12-6-5-10-19(21)16-27-14-7-11-20(17-27)22(24-25-13-15-30-24)26-23(28)18-8-3-2-4-9-18/h2-6,8-10,12-13,15,20,22H,7,11,14,16-17H2,1H3,(H,26,28)/t20-,22-/m0/s1. The smallest absolute Gasteiger partial charge is 0.251 e. The summed E-state index contributed by atoms with van der Waals surface area (Å²) in [5.74, 6) is 1.19. The molecule has 4 rings (SSSR count). The first-order chi connectivity index (χ1) is 14.7. The number of carbonyl (C=O) groups excluding carboxylic acids is 1. The van der Waals surface area contributed by atoms with Crippen LogP contribution in [0.2, 0.25) is 0 Å². The zero-order chi connectivity index (χ0) is 20.8. The first kappa shape index (κ1) is 20.6. The van der Waals surface area contributed by atoms with Gasteiger partial charge in [0.15, 0.2) is 0 Å². The van der Waals surface area contributed by atoms with Crippen LogP contribution in [-0.4, -0.2) is 36.0 Å². The van der Waals surface area contributed by atoms with Crippen molar-refractivity contribution in [3.05, 3.63) is 82.3 Å². The third-order valence-electron chi connectivity index (χ3n) is 5.64. The third-order valence-corrected chi connectivity index (χ3v) is 6.50. The van der Waals surface area contributed by atoms with E-state index in [1.54, 1.807) is 18.4 Å². The molecule has 1 aliphatic rings. The van der Waals surface area contributed by atoms with Crippen LogP contribution in [0.4, 0.5) is 0 Å². The number of aromatic nitrogens is 1. The van der Waals surface area contributed by atoms with Crippen LogP contribution >= 0.6 is 11.3 Å². The van der Waals surface area contributed by atoms with Crippen LogP contribution in [0.3, 0.4) is 0 Å². The van der Waals surface area contributed by atoms with E-state index in [2.05, 4.69) is 27.3 Å². The third kappa shape index (κ3) is 4.89. The number of nitrogens with zero attached hydrogens (tertiary/aromatic N) is 2. The van der Waals surface area contributed by atoms with Gasteiger partial charge in [-0.15, -0.1) is 11.3 Å². The number of nitrogens with one attached hydrogen (secondary N) is 1. The van der Waals surface area contributed by atoms with Gasteiger partial charge in [0.1, 0.15) is 10.8 Å². The van der Waals surface area contributed by atoms with Crippen LogP contribution in [0.15, 0.2) is 66.2 Å². The Morgan fingerprint density at radius 2 is 2.03 bits per heavy atom. The van der Waals surface area contributed by atoms with E-state index in [9.17, 15) is 4.79 Å². The van der Waals surface area contributed by atoms with E-state index < -0.39 is 0 Å². The predicted octanol–water partition coefficient (Wildman–Crippen LogP) is 4.54. The quantitative estimate of drug-likeness (QED) is 0.609. The molecule has 2 aromatic carbocycles. The van der Waals surface area contributed by atoms with Crippen molar-refractivity contribution in [1.82, 2.24) is 15.2 Å². The molecule has 1 aromatic heterocycles. The highest BCUT2D eigenvalue weighted by Crippen LogP contribution is 2.32. The second-order valence-corrected chi connectivity index (χ2v) is 8.56. The Morgan fingerprint density at radius 1 is 1.23 bits per heavy atom. The first-order valence-corrected chi connectivity index (χ1v) is 11.2. The average Bonchev–Trinajstić information content (AvgIpc) is 3.33. The molecule has 3 aromatic rings. The maximum Gasteiger partial charge on any atom is 0.251 e. The lowest BCUT2D eigenvalue weighted by Crippen LogP contribution is -2.42. The Balaban J connectivity index is 1.50. The van der Waals surface area contributed by atoms with Crippen molar-refractivity contribution in [2.45, 2.75) is 25.4 Å². The molecule has 0 bridgehead atoms. The maximum atomic E-state index is 12.9. The van der Waals surface area contributed by atoms with Crippen molar-refractivity contribution < 1.29 is 9.53 Å². The monoisotopic (exact) mass is 421 g/mol. The van der Waals surface area contributed by atoms with Gasteiger partial charge in [0.2, 0.25) is 0 Å². The summed E-state index contributed by atoms with van der Waals surface area (Å²) in [6, 6.07) is 17.5. The van der Waals surface area contributed by atoms with Gasteiger partial charge in [-0.3, -0.25) is 9.69 Å². The highest BCUT2D eigenvalue weighted by molar-refractivity contribution is 7.09. The summed E-state index contributed by atoms with van der Waals surface area (Å²) in [6.45, 7) is 2.81. The minimum absolute atomic E-state index is 0.0438. The summed E-state index contributed by atoms with van der Waals surface area (Å²) in [5.41, 5.74) is 1.88. The Labute approximate surface area is 181 Å². The first-order valence-electron chi connectivity index (χ1n) is 10.3. The molecule has 30 heavy (non-hydrogen) atoms. The van der Waals surface area contributed by atoms with E-state index in [0.717, 1.165) is 43.2 Å². The maximum absolute atomic E-state index is 12.9. The lowest BCUT2D eigenvalue weighted by Gasteiger charge is -2.36. The van der Waals surface area contributed by atoms with Gasteiger partial charge in [-0.2, -0.15) is 0 Å². The van der Waals surface area contributed by atoms with Gasteiger partial charge in [0.05, 0.1) is 13.2 Å². The molecule has 0 saturated carbocycles. The van der Waals surface area contributed by atoms with Crippen LogP contribution in [-0.2, 0) is 6.54 Å². The fourth-order valence-corrected chi connectivity index (χ4v) is 4.95. The van der Waals surface area contributed by atoms with Crippen molar-refractivity contribution in [3.8, 4) is 5.75 Å². The molecule has 1 fully saturated rings. The number of likely N-dealkylation sites (tertiary alicyclic amines) is 1. The molecule has 1 saturated heterocycles. The Morgan fingerprint density at radius 3 is 2.80 bits per heavy atom. The van der Waals surface area contributed by atoms with Gasteiger partial charge in [0, 0.05) is 35.8 Å². The molecule has 2 heterocycles. The van der Waals surface area contributed by atoms with E-state index in [1.165, 1.54) is 5.56 Å². The second-order valence-electron chi connectivity index (χ2n) is 7.64. The highest BCUT2D eigenvalue weighted by Gasteiger charge is 2.31. The topological polar surface area (TPSA) is 54.5 Å². The fourth-order valence-electron chi connectivity index (χ4n) is 4.16. The minimum Gasteiger partial charge on any atom is -0.496 e. The summed E-state index contributed by atoms with van der Waals surface area (Å²) in [5, 5.41) is 6.22. The number of rotatable bonds is 7. The number of benzene rings is 2. The molecule has 1 N–H and O–H groups in total. The number of thiazole rings is 1. The number of piperidine rings is 1. The van der Waals surface area contributed by atoms with Crippen molar-refractivity contribution in [2.75, 3.05) is 20.2 Å². The molecule has 5 nitrogen and oxygen atoms in total. The van der Waals surface area contributed by atoms with Crippen LogP contribution in [0.25, 0.3) is 0 Å². The molecule has 0 radical (unpaired) electrons. The summed E-state index contributed by atoms with van der Waals surface area (Å²) in [7, 11) is 1.72. The number of para-hydroxylation sites is 1. The van der Waals surface area contributed by atoms with Gasteiger partial charge in [0.25, 0.3) is 5.91 Å². The summed E-state index contributed by atoms with van der Waals surface area (Å²) < 4.78 is 5.53. The van der Waals surface area contributed by atoms with Crippen molar-refractivity contribution in [3.63, 3.8) is 0 Å². The number of methoxy groups -OCH3 is 1. The van der Waals surface area contributed by atoms with E-state index >= 15 is 0 Å². The van der Waals surface area contributed by atoms with E-state index in [1.807, 2.05) is 54.0 Å². The van der Waals surface area contributed by atoms with Gasteiger partial charge in [-0.25, -0.2) is 4.98 Å². The number of ether oxygens (including phenoxy) is 1. The average molecular weight is 422 g/mol. The van der Waals surface area contributed by atoms with E-state index in [0.29, 0.717) is 11.5 Å². The van der Waals surface area contributed by atoms with Gasteiger partial charge < -0.3 is 10.1 Å². The molecule has 0 spiro atoms. The lowest BCUT2D eigenvalue weighted by atomic mass is 9.90. The molecule has 0 aliphatic carbocycles. The molecule has 2 atom stereocenters. The molecule has 156 valence electrons. The van der Waals surface area contributed by atoms with Crippen LogP contribution in [0.5, 0.6) is 5.75 Å². The lowest BCUT2D eigenvalue weighted by molar-refractivity contribution is 0.0877. The number of carbonyl (C=O) groups is 1. The predicted molar refractivity (Wildman–Crippen MR) is 120 cm³/mol. The molecule has 1 amide bonds. The van der Waals surface area contributed by atoms with Crippen molar-refractivity contribution >= 4 is 17.2 Å². The summed E-state index contributed by atoms with van der Waals surface area (Å²) in [6.07, 6.45) is 3.99. The Kier molecular flexibility index (Phi) is 6.77. The Bertz CT molecular complexity index is 946. The summed E-state index contributed by atoms with van der Waals surface area (Å²) in [4.78, 5) is 19.9. The number of amides is 1. The number of hydrogen-bond acceptors (Lipinski definition) is 5. The second kappa shape index (κ2) is 9.87. The van der Waals surface area contributed by atoms with E-state index in [-0.39, 0.29) is 11.9 Å². The van der Waals surface area contributed by atoms with Crippen LogP contribution in [0.1, 0.15) is 39.8 Å². The highest BCUT2D eigenvalue weighted by atomic mass is 32.1. The number of hydrogen-bond donors (Lipinski definition) is 1. The molecule has 0 unspecified atom stereocenters. The molecule has 6 heteroatoms. The zero-order valence-electron chi connectivity index (χ0n) is 17.2. The largest absolute Gasteiger partial charge is 0.496 e. The molecule has 1 aliphatic heterocycles. The fraction of sp³-hybridized carbons (Fsp3) is 0.333. The Hall–Kier alpha value is -2.70. The molecular formula is C24H27N3O2S. The zero-order valence-corrected chi connectivity index (χ0v) is 18.0. The summed E-state index contributed by atoms with van der Waals surface area (Å²) >= 11 is 1.61. The van der Waals surface area contributed by atoms with Gasteiger partial charge >= 0.3 is 0 Å². The molecular weight excluding hydrogens is 394 g/mol.